The molecule has 436 valence electrons. The van der Waals surface area contributed by atoms with Gasteiger partial charge in [0.25, 0.3) is 0 Å². The average Bonchev–Trinajstić information content (AvgIpc) is 3.30. The molecule has 11 atom stereocenters. The van der Waals surface area contributed by atoms with Crippen molar-refractivity contribution in [1.29, 1.82) is 0 Å². The molecule has 0 radical (unpaired) electrons. The first-order valence-electron chi connectivity index (χ1n) is 24.1. The number of carbonyl (C=O) groups excluding carboxylic acids is 10. The van der Waals surface area contributed by atoms with Crippen molar-refractivity contribution in [2.24, 2.45) is 39.8 Å². The summed E-state index contributed by atoms with van der Waals surface area (Å²) >= 11 is 0. The Morgan fingerprint density at radius 1 is 0.494 bits per heavy atom. The highest BCUT2D eigenvalue weighted by atomic mass is 16.4. The first-order valence-corrected chi connectivity index (χ1v) is 24.1. The molecule has 0 aromatic heterocycles. The Morgan fingerprint density at radius 2 is 0.922 bits per heavy atom. The number of aliphatic imine (C=N–C) groups is 1. The van der Waals surface area contributed by atoms with Crippen LogP contribution in [0.1, 0.15) is 92.9 Å². The molecular formula is C44H76N14O19. The van der Waals surface area contributed by atoms with Crippen molar-refractivity contribution in [2.45, 2.75) is 159 Å². The summed E-state index contributed by atoms with van der Waals surface area (Å²) in [6.45, 7) is 7.00. The van der Waals surface area contributed by atoms with Crippen LogP contribution in [0.5, 0.6) is 0 Å². The zero-order valence-corrected chi connectivity index (χ0v) is 43.5. The van der Waals surface area contributed by atoms with Crippen molar-refractivity contribution in [3.63, 3.8) is 0 Å². The molecule has 0 aromatic rings. The lowest BCUT2D eigenvalue weighted by atomic mass is 10.00. The van der Waals surface area contributed by atoms with E-state index in [0.29, 0.717) is 0 Å². The fraction of sp³-hybridized carbons (Fsp3) is 0.682. The first kappa shape index (κ1) is 69.2. The maximum absolute atomic E-state index is 13.7. The molecule has 0 spiro atoms. The number of amides is 10. The van der Waals surface area contributed by atoms with Gasteiger partial charge in [-0.25, -0.2) is 4.79 Å². The lowest BCUT2D eigenvalue weighted by Crippen LogP contribution is -2.63. The molecule has 77 heavy (non-hydrogen) atoms. The van der Waals surface area contributed by atoms with Gasteiger partial charge in [-0.05, 0) is 57.8 Å². The monoisotopic (exact) mass is 1100 g/mol. The van der Waals surface area contributed by atoms with Crippen LogP contribution in [-0.4, -0.2) is 200 Å². The number of hydrogen-bond donors (Lipinski definition) is 19. The zero-order chi connectivity index (χ0) is 59.4. The molecule has 10 amide bonds. The van der Waals surface area contributed by atoms with Crippen LogP contribution in [0.4, 0.5) is 0 Å². The Balaban J connectivity index is 6.34. The maximum atomic E-state index is 13.7. The second kappa shape index (κ2) is 34.7. The Morgan fingerprint density at radius 3 is 1.36 bits per heavy atom. The van der Waals surface area contributed by atoms with E-state index in [-0.39, 0.29) is 50.0 Å². The number of nitrogens with one attached hydrogen (secondary N) is 9. The van der Waals surface area contributed by atoms with Gasteiger partial charge in [0, 0.05) is 13.0 Å². The molecule has 0 saturated heterocycles. The number of hydrogen-bond acceptors (Lipinski definition) is 18. The number of primary amides is 1. The van der Waals surface area contributed by atoms with Crippen molar-refractivity contribution in [3.8, 4) is 0 Å². The topological polar surface area (TPSA) is 568 Å². The number of aliphatic hydroxyl groups excluding tert-OH is 3. The predicted octanol–water partition coefficient (Wildman–Crippen LogP) is -8.49. The number of guanidine groups is 1. The molecule has 0 bridgehead atoms. The number of nitrogens with zero attached hydrogens (tertiary/aromatic N) is 1. The number of aliphatic hydroxyl groups is 3. The summed E-state index contributed by atoms with van der Waals surface area (Å²) in [5.41, 5.74) is 21.7. The van der Waals surface area contributed by atoms with Crippen LogP contribution in [0.2, 0.25) is 0 Å². The number of carboxylic acid groups (broad SMARTS) is 3. The van der Waals surface area contributed by atoms with Crippen LogP contribution < -0.4 is 70.8 Å². The van der Waals surface area contributed by atoms with Crippen molar-refractivity contribution in [2.75, 3.05) is 19.7 Å². The number of carbonyl (C=O) groups is 13. The largest absolute Gasteiger partial charge is 0.481 e. The molecule has 0 rings (SSSR count). The molecule has 0 fully saturated rings. The molecule has 0 saturated carbocycles. The fourth-order valence-electron chi connectivity index (χ4n) is 6.80. The second-order valence-corrected chi connectivity index (χ2v) is 18.6. The zero-order valence-electron chi connectivity index (χ0n) is 43.5. The SMILES string of the molecule is CC(C)C[C@H](NC(=O)[C@@H](N)CC(C)C)C(=O)N[C@H](C(=O)N[C@@H](CCC(N)=O)C(=O)N[C@H](C(=O)N[C@@H](CC(=O)O)C(=O)N[C@@H](CO)C(=O)N[C@@H](CC(=O)O)C(=O)NCC(=O)N[C@@H](CCCN=C(N)N)C(=O)O)[C@@H](C)O)[C@@H](C)O. The lowest BCUT2D eigenvalue weighted by molar-refractivity contribution is -0.143. The molecule has 0 aliphatic heterocycles. The van der Waals surface area contributed by atoms with Crippen LogP contribution in [0.3, 0.4) is 0 Å². The third-order valence-corrected chi connectivity index (χ3v) is 10.7. The summed E-state index contributed by atoms with van der Waals surface area (Å²) in [5.74, 6) is -17.2. The highest BCUT2D eigenvalue weighted by molar-refractivity contribution is 5.99. The van der Waals surface area contributed by atoms with E-state index in [1.54, 1.807) is 13.8 Å². The minimum atomic E-state index is -2.19. The molecule has 0 aliphatic rings. The van der Waals surface area contributed by atoms with E-state index in [0.717, 1.165) is 13.8 Å². The lowest BCUT2D eigenvalue weighted by Gasteiger charge is -2.29. The molecular weight excluding hydrogens is 1030 g/mol. The summed E-state index contributed by atoms with van der Waals surface area (Å²) in [4.78, 5) is 170. The Labute approximate surface area is 442 Å². The summed E-state index contributed by atoms with van der Waals surface area (Å²) < 4.78 is 0. The summed E-state index contributed by atoms with van der Waals surface area (Å²) in [5, 5.41) is 78.8. The van der Waals surface area contributed by atoms with Crippen LogP contribution in [-0.2, 0) is 62.3 Å². The van der Waals surface area contributed by atoms with Crippen molar-refractivity contribution >= 4 is 82.9 Å². The second-order valence-electron chi connectivity index (χ2n) is 18.6. The van der Waals surface area contributed by atoms with Gasteiger partial charge >= 0.3 is 17.9 Å². The average molecular weight is 1110 g/mol. The summed E-state index contributed by atoms with van der Waals surface area (Å²) in [6, 6.07) is -15.8. The van der Waals surface area contributed by atoms with Gasteiger partial charge < -0.3 is 101 Å². The van der Waals surface area contributed by atoms with E-state index < -0.39 is 182 Å². The van der Waals surface area contributed by atoms with Gasteiger partial charge in [0.15, 0.2) is 5.96 Å². The Hall–Kier alpha value is -7.78. The van der Waals surface area contributed by atoms with Gasteiger partial charge in [-0.3, -0.25) is 62.5 Å². The number of aliphatic carboxylic acids is 3. The summed E-state index contributed by atoms with van der Waals surface area (Å²) in [6.07, 6.45) is -6.84. The van der Waals surface area contributed by atoms with Crippen LogP contribution in [0, 0.1) is 11.8 Å². The number of rotatable bonds is 37. The minimum Gasteiger partial charge on any atom is -0.481 e. The molecule has 23 N–H and O–H groups in total. The van der Waals surface area contributed by atoms with E-state index in [9.17, 15) is 93.0 Å². The van der Waals surface area contributed by atoms with Crippen molar-refractivity contribution in [3.05, 3.63) is 0 Å². The van der Waals surface area contributed by atoms with Crippen molar-refractivity contribution < 1.29 is 93.0 Å². The van der Waals surface area contributed by atoms with Crippen molar-refractivity contribution in [1.82, 2.24) is 47.9 Å². The van der Waals surface area contributed by atoms with Crippen LogP contribution >= 0.6 is 0 Å². The predicted molar refractivity (Wildman–Crippen MR) is 266 cm³/mol. The quantitative estimate of drug-likeness (QED) is 0.0156. The van der Waals surface area contributed by atoms with E-state index in [1.807, 2.05) is 35.1 Å². The molecule has 33 heteroatoms. The molecule has 0 heterocycles. The maximum Gasteiger partial charge on any atom is 0.326 e. The normalized spacial score (nSPS) is 15.3. The first-order chi connectivity index (χ1) is 35.7. The Bertz CT molecular complexity index is 2120. The molecule has 0 unspecified atom stereocenters. The number of nitrogens with two attached hydrogens (primary N) is 4. The highest BCUT2D eigenvalue weighted by Gasteiger charge is 2.38. The van der Waals surface area contributed by atoms with Gasteiger partial charge in [0.1, 0.15) is 48.3 Å². The van der Waals surface area contributed by atoms with Gasteiger partial charge in [0.05, 0.1) is 44.2 Å². The van der Waals surface area contributed by atoms with Gasteiger partial charge in [-0.15, -0.1) is 0 Å². The van der Waals surface area contributed by atoms with E-state index in [4.69, 9.17) is 22.9 Å². The molecule has 0 aromatic carbocycles. The molecule has 0 aliphatic carbocycles. The van der Waals surface area contributed by atoms with Gasteiger partial charge in [0.2, 0.25) is 59.1 Å². The van der Waals surface area contributed by atoms with E-state index in [1.165, 1.54) is 0 Å². The highest BCUT2D eigenvalue weighted by Crippen LogP contribution is 2.10. The third kappa shape index (κ3) is 28.1. The van der Waals surface area contributed by atoms with E-state index in [2.05, 4.69) is 31.6 Å². The standard InChI is InChI=1S/C44H76N14O19/c1-18(2)12-22(45)35(68)53-25(13-19(3)4)39(72)58-33(20(5)60)41(74)52-23(9-10-29(46)62)37(70)57-34(21(6)61)42(75)55-27(15-32(66)67)38(71)56-28(17-59)40(73)54-26(14-31(64)65)36(69)50-16-30(63)51-24(43(76)77)8-7-11-49-44(47)48/h18-28,33-34,59-61H,7-17,45H2,1-6H3,(H2,46,62)(H,50,69)(H,51,63)(H,52,74)(H,53,68)(H,54,73)(H,55,75)(H,56,71)(H,57,70)(H,58,72)(H,64,65)(H,66,67)(H,76,77)(H4,47,48,49)/t20-,21-,22+,23+,24+,25+,26+,27+,28+,33+,34+/m1/s1. The van der Waals surface area contributed by atoms with Crippen LogP contribution in [0.25, 0.3) is 0 Å². The van der Waals surface area contributed by atoms with Crippen LogP contribution in [0.15, 0.2) is 4.99 Å². The summed E-state index contributed by atoms with van der Waals surface area (Å²) in [7, 11) is 0. The molecule has 33 nitrogen and oxygen atoms in total. The fourth-order valence-corrected chi connectivity index (χ4v) is 6.80. The minimum absolute atomic E-state index is 0.0234. The van der Waals surface area contributed by atoms with Gasteiger partial charge in [-0.2, -0.15) is 0 Å². The Kier molecular flexibility index (Phi) is 31.2. The third-order valence-electron chi connectivity index (χ3n) is 10.7. The van der Waals surface area contributed by atoms with Gasteiger partial charge in [-0.1, -0.05) is 27.7 Å². The number of carboxylic acids is 3. The van der Waals surface area contributed by atoms with E-state index >= 15 is 0 Å². The smallest absolute Gasteiger partial charge is 0.326 e.